The van der Waals surface area contributed by atoms with Crippen LogP contribution in [0.3, 0.4) is 0 Å². The lowest BCUT2D eigenvalue weighted by Crippen LogP contribution is -2.39. The first-order valence-corrected chi connectivity index (χ1v) is 11.3. The van der Waals surface area contributed by atoms with Gasteiger partial charge in [-0.05, 0) is 59.7 Å². The molecule has 8 heteroatoms. The summed E-state index contributed by atoms with van der Waals surface area (Å²) in [6.07, 6.45) is 3.55. The lowest BCUT2D eigenvalue weighted by Gasteiger charge is -2.26. The van der Waals surface area contributed by atoms with Gasteiger partial charge in [-0.2, -0.15) is 0 Å². The Kier molecular flexibility index (Phi) is 7.10. The van der Waals surface area contributed by atoms with Crippen molar-refractivity contribution in [1.29, 1.82) is 0 Å². The van der Waals surface area contributed by atoms with Crippen LogP contribution in [0.15, 0.2) is 48.5 Å². The van der Waals surface area contributed by atoms with Gasteiger partial charge in [0.05, 0.1) is 23.9 Å². The summed E-state index contributed by atoms with van der Waals surface area (Å²) in [5, 5.41) is 5.04. The van der Waals surface area contributed by atoms with E-state index in [1.807, 2.05) is 48.5 Å². The van der Waals surface area contributed by atoms with Crippen molar-refractivity contribution >= 4 is 40.5 Å². The van der Waals surface area contributed by atoms with Crippen LogP contribution in [0, 0.1) is 5.92 Å². The normalized spacial score (nSPS) is 15.9. The van der Waals surface area contributed by atoms with Crippen molar-refractivity contribution in [3.8, 4) is 5.75 Å². The molecule has 1 unspecified atom stereocenters. The second-order valence-corrected chi connectivity index (χ2v) is 8.49. The van der Waals surface area contributed by atoms with Crippen molar-refractivity contribution in [2.24, 2.45) is 5.92 Å². The topological polar surface area (TPSA) is 107 Å². The summed E-state index contributed by atoms with van der Waals surface area (Å²) in [6, 6.07) is 14.5. The molecule has 0 aliphatic heterocycles. The number of hydrogen-bond donors (Lipinski definition) is 2. The molecule has 1 aliphatic rings. The van der Waals surface area contributed by atoms with Crippen molar-refractivity contribution in [2.45, 2.75) is 19.8 Å². The van der Waals surface area contributed by atoms with Crippen molar-refractivity contribution in [2.75, 3.05) is 20.8 Å². The Morgan fingerprint density at radius 2 is 1.83 bits per heavy atom. The average Bonchev–Trinajstić information content (AvgIpc) is 2.86. The highest BCUT2D eigenvalue weighted by atomic mass is 16.5. The highest BCUT2D eigenvalue weighted by molar-refractivity contribution is 6.07. The van der Waals surface area contributed by atoms with E-state index >= 15 is 0 Å². The summed E-state index contributed by atoms with van der Waals surface area (Å²) in [4.78, 5) is 41.5. The van der Waals surface area contributed by atoms with Gasteiger partial charge in [0.1, 0.15) is 5.75 Å². The van der Waals surface area contributed by atoms with Gasteiger partial charge < -0.3 is 14.8 Å². The van der Waals surface area contributed by atoms with Crippen molar-refractivity contribution in [3.63, 3.8) is 0 Å². The van der Waals surface area contributed by atoms with Crippen LogP contribution in [-0.2, 0) is 16.0 Å². The van der Waals surface area contributed by atoms with Crippen LogP contribution in [0.1, 0.15) is 40.5 Å². The highest BCUT2D eigenvalue weighted by Gasteiger charge is 2.29. The van der Waals surface area contributed by atoms with E-state index in [4.69, 9.17) is 14.5 Å². The maximum atomic E-state index is 13.3. The van der Waals surface area contributed by atoms with Gasteiger partial charge in [-0.1, -0.05) is 37.3 Å². The van der Waals surface area contributed by atoms with E-state index < -0.39 is 24.5 Å². The number of hydrogen-bond acceptors (Lipinski definition) is 6. The Hall–Kier alpha value is -4.20. The molecule has 0 bridgehead atoms. The van der Waals surface area contributed by atoms with Crippen LogP contribution in [0.2, 0.25) is 0 Å². The minimum Gasteiger partial charge on any atom is -0.497 e. The van der Waals surface area contributed by atoms with Crippen molar-refractivity contribution < 1.29 is 23.9 Å². The van der Waals surface area contributed by atoms with E-state index in [1.54, 1.807) is 7.11 Å². The molecule has 35 heavy (non-hydrogen) atoms. The average molecular weight is 474 g/mol. The van der Waals surface area contributed by atoms with Gasteiger partial charge in [0.25, 0.3) is 5.91 Å². The number of imide groups is 1. The van der Waals surface area contributed by atoms with E-state index in [1.165, 1.54) is 7.05 Å². The molecule has 4 rings (SSSR count). The number of amides is 3. The molecule has 2 aromatic carbocycles. The third kappa shape index (κ3) is 5.32. The van der Waals surface area contributed by atoms with Gasteiger partial charge in [0.2, 0.25) is 0 Å². The number of methoxy groups -OCH3 is 1. The van der Waals surface area contributed by atoms with Gasteiger partial charge in [-0.3, -0.25) is 10.1 Å². The quantitative estimate of drug-likeness (QED) is 0.543. The van der Waals surface area contributed by atoms with Gasteiger partial charge in [-0.25, -0.2) is 14.6 Å². The number of ether oxygens (including phenoxy) is 2. The van der Waals surface area contributed by atoms with E-state index in [0.29, 0.717) is 22.9 Å². The van der Waals surface area contributed by atoms with Crippen molar-refractivity contribution in [3.05, 3.63) is 70.9 Å². The van der Waals surface area contributed by atoms with Gasteiger partial charge in [-0.15, -0.1) is 0 Å². The highest BCUT2D eigenvalue weighted by Crippen LogP contribution is 2.38. The molecule has 3 aromatic rings. The van der Waals surface area contributed by atoms with E-state index in [9.17, 15) is 14.4 Å². The second kappa shape index (κ2) is 10.4. The summed E-state index contributed by atoms with van der Waals surface area (Å²) in [7, 11) is 3.02. The Morgan fingerprint density at radius 3 is 2.54 bits per heavy atom. The lowest BCUT2D eigenvalue weighted by molar-refractivity contribution is -0.123. The molecule has 1 heterocycles. The monoisotopic (exact) mass is 473 g/mol. The molecule has 3 amide bonds. The maximum Gasteiger partial charge on any atom is 0.339 e. The Labute approximate surface area is 203 Å². The number of urea groups is 1. The number of para-hydroxylation sites is 1. The van der Waals surface area contributed by atoms with Crippen LogP contribution in [-0.4, -0.2) is 43.7 Å². The molecule has 0 spiro atoms. The number of carbonyl (C=O) groups excluding carboxylic acids is 3. The predicted octanol–water partition coefficient (Wildman–Crippen LogP) is 3.98. The molecule has 1 aliphatic carbocycles. The Balaban J connectivity index is 1.75. The number of carbonyl (C=O) groups is 3. The van der Waals surface area contributed by atoms with E-state index in [2.05, 4.69) is 23.6 Å². The number of nitrogens with zero attached hydrogens (tertiary/aromatic N) is 1. The zero-order valence-corrected chi connectivity index (χ0v) is 19.9. The third-order valence-corrected chi connectivity index (χ3v) is 5.89. The fraction of sp³-hybridized carbons (Fsp3) is 0.259. The number of rotatable bonds is 5. The summed E-state index contributed by atoms with van der Waals surface area (Å²) in [5.41, 5.74) is 4.68. The zero-order chi connectivity index (χ0) is 24.9. The number of nitrogens with one attached hydrogen (secondary N) is 2. The largest absolute Gasteiger partial charge is 0.497 e. The predicted molar refractivity (Wildman–Crippen MR) is 133 cm³/mol. The Bertz CT molecular complexity index is 1310. The number of aromatic nitrogens is 1. The van der Waals surface area contributed by atoms with Crippen LogP contribution >= 0.6 is 0 Å². The molecule has 0 saturated heterocycles. The lowest BCUT2D eigenvalue weighted by atomic mass is 9.80. The van der Waals surface area contributed by atoms with Crippen LogP contribution in [0.5, 0.6) is 5.75 Å². The number of esters is 1. The van der Waals surface area contributed by atoms with E-state index in [-0.39, 0.29) is 5.92 Å². The molecular weight excluding hydrogens is 446 g/mol. The molecule has 0 radical (unpaired) electrons. The number of benzene rings is 2. The SMILES string of the molecule is CNC(=O)NC(=O)COC(=O)c1c2c(nc3ccccc13)/C(=C/c1ccc(OC)cc1)CC(C)C2. The smallest absolute Gasteiger partial charge is 0.339 e. The second-order valence-electron chi connectivity index (χ2n) is 8.49. The third-order valence-electron chi connectivity index (χ3n) is 5.89. The first kappa shape index (κ1) is 23.9. The van der Waals surface area contributed by atoms with Gasteiger partial charge in [0, 0.05) is 12.4 Å². The standard InChI is InChI=1S/C27H27N3O5/c1-16-12-18(14-17-8-10-19(34-3)11-9-17)25-21(13-16)24(20-6-4-5-7-22(20)29-25)26(32)35-15-23(31)30-27(33)28-2/h4-11,14,16H,12-13,15H2,1-3H3,(H2,28,30,31,33)/b18-14+. The molecule has 2 N–H and O–H groups in total. The zero-order valence-electron chi connectivity index (χ0n) is 19.9. The Morgan fingerprint density at radius 1 is 1.09 bits per heavy atom. The minimum atomic E-state index is -0.710. The van der Waals surface area contributed by atoms with Crippen LogP contribution in [0.4, 0.5) is 4.79 Å². The molecular formula is C27H27N3O5. The maximum absolute atomic E-state index is 13.3. The molecule has 8 nitrogen and oxygen atoms in total. The molecule has 1 aromatic heterocycles. The number of pyridine rings is 1. The molecule has 0 saturated carbocycles. The molecule has 180 valence electrons. The van der Waals surface area contributed by atoms with Gasteiger partial charge in [0.15, 0.2) is 6.61 Å². The van der Waals surface area contributed by atoms with Crippen molar-refractivity contribution in [1.82, 2.24) is 15.6 Å². The fourth-order valence-electron chi connectivity index (χ4n) is 4.30. The number of allylic oxidation sites excluding steroid dienone is 1. The van der Waals surface area contributed by atoms with Crippen LogP contribution in [0.25, 0.3) is 22.6 Å². The number of fused-ring (bicyclic) bond motifs is 2. The first-order chi connectivity index (χ1) is 16.9. The summed E-state index contributed by atoms with van der Waals surface area (Å²) >= 11 is 0. The summed E-state index contributed by atoms with van der Waals surface area (Å²) < 4.78 is 10.6. The van der Waals surface area contributed by atoms with Crippen LogP contribution < -0.4 is 15.4 Å². The molecule has 0 fully saturated rings. The van der Waals surface area contributed by atoms with Gasteiger partial charge >= 0.3 is 12.0 Å². The summed E-state index contributed by atoms with van der Waals surface area (Å²) in [5.74, 6) is -0.277. The molecule has 1 atom stereocenters. The first-order valence-electron chi connectivity index (χ1n) is 11.3. The minimum absolute atomic E-state index is 0.276. The summed E-state index contributed by atoms with van der Waals surface area (Å²) in [6.45, 7) is 1.56. The fourth-order valence-corrected chi connectivity index (χ4v) is 4.30. The van der Waals surface area contributed by atoms with E-state index in [0.717, 1.165) is 34.6 Å².